The summed E-state index contributed by atoms with van der Waals surface area (Å²) < 4.78 is 1.40. The fourth-order valence-corrected chi connectivity index (χ4v) is 2.16. The molecule has 1 aliphatic rings. The van der Waals surface area contributed by atoms with Gasteiger partial charge in [0, 0.05) is 0 Å². The first-order valence-corrected chi connectivity index (χ1v) is 5.54. The molecule has 0 bridgehead atoms. The Morgan fingerprint density at radius 3 is 2.73 bits per heavy atom. The topological polar surface area (TPSA) is 55.1 Å². The van der Waals surface area contributed by atoms with Gasteiger partial charge in [0.2, 0.25) is 0 Å². The van der Waals surface area contributed by atoms with Crippen LogP contribution in [0.15, 0.2) is 11.0 Å². The Kier molecular flexibility index (Phi) is 2.95. The average Bonchev–Trinajstić information content (AvgIpc) is 2.27. The van der Waals surface area contributed by atoms with Crippen LogP contribution in [0, 0.1) is 0 Å². The molecular weight excluding hydrogens is 216 g/mol. The van der Waals surface area contributed by atoms with E-state index in [-0.39, 0.29) is 22.4 Å². The van der Waals surface area contributed by atoms with E-state index in [4.69, 9.17) is 11.6 Å². The zero-order valence-corrected chi connectivity index (χ0v) is 9.07. The van der Waals surface area contributed by atoms with Crippen LogP contribution in [-0.2, 0) is 0 Å². The van der Waals surface area contributed by atoms with Crippen LogP contribution in [0.3, 0.4) is 0 Å². The Labute approximate surface area is 92.5 Å². The van der Waals surface area contributed by atoms with Crippen LogP contribution in [0.2, 0.25) is 5.02 Å². The van der Waals surface area contributed by atoms with Crippen molar-refractivity contribution < 1.29 is 5.11 Å². The number of halogens is 1. The molecule has 1 aromatic rings. The number of nitrogens with zero attached hydrogens (tertiary/aromatic N) is 2. The smallest absolute Gasteiger partial charge is 0.289 e. The second-order valence-electron chi connectivity index (χ2n) is 3.89. The third-order valence-corrected chi connectivity index (χ3v) is 3.20. The van der Waals surface area contributed by atoms with Crippen molar-refractivity contribution in [3.05, 3.63) is 21.6 Å². The van der Waals surface area contributed by atoms with E-state index in [1.54, 1.807) is 0 Å². The maximum atomic E-state index is 11.7. The molecule has 0 saturated heterocycles. The molecule has 1 fully saturated rings. The van der Waals surface area contributed by atoms with Gasteiger partial charge < -0.3 is 5.11 Å². The van der Waals surface area contributed by atoms with Crippen molar-refractivity contribution in [3.63, 3.8) is 0 Å². The third-order valence-electron chi connectivity index (χ3n) is 2.85. The van der Waals surface area contributed by atoms with Crippen molar-refractivity contribution in [2.45, 2.75) is 38.1 Å². The SMILES string of the molecule is O=c1c(Cl)c(O)cnn1C1CCCCC1. The van der Waals surface area contributed by atoms with Gasteiger partial charge in [-0.15, -0.1) is 0 Å². The van der Waals surface area contributed by atoms with Gasteiger partial charge in [0.15, 0.2) is 10.8 Å². The van der Waals surface area contributed by atoms with Crippen LogP contribution in [0.25, 0.3) is 0 Å². The molecule has 15 heavy (non-hydrogen) atoms. The minimum Gasteiger partial charge on any atom is -0.505 e. The summed E-state index contributed by atoms with van der Waals surface area (Å²) in [5.41, 5.74) is -0.386. The molecule has 0 spiro atoms. The van der Waals surface area contributed by atoms with Gasteiger partial charge in [0.05, 0.1) is 12.2 Å². The van der Waals surface area contributed by atoms with Crippen molar-refractivity contribution in [2.24, 2.45) is 0 Å². The van der Waals surface area contributed by atoms with Crippen molar-refractivity contribution in [1.29, 1.82) is 0 Å². The monoisotopic (exact) mass is 228 g/mol. The summed E-state index contributed by atoms with van der Waals surface area (Å²) in [6, 6.07) is 0.143. The van der Waals surface area contributed by atoms with Gasteiger partial charge in [-0.2, -0.15) is 5.10 Å². The summed E-state index contributed by atoms with van der Waals surface area (Å²) in [5.74, 6) is -0.242. The summed E-state index contributed by atoms with van der Waals surface area (Å²) in [6.07, 6.45) is 6.63. The first-order valence-electron chi connectivity index (χ1n) is 5.16. The van der Waals surface area contributed by atoms with Gasteiger partial charge in [0.1, 0.15) is 0 Å². The lowest BCUT2D eigenvalue weighted by atomic mass is 9.96. The zero-order valence-electron chi connectivity index (χ0n) is 8.32. The average molecular weight is 229 g/mol. The molecule has 0 atom stereocenters. The van der Waals surface area contributed by atoms with Crippen LogP contribution in [-0.4, -0.2) is 14.9 Å². The van der Waals surface area contributed by atoms with Gasteiger partial charge in [-0.1, -0.05) is 30.9 Å². The normalized spacial score (nSPS) is 17.9. The van der Waals surface area contributed by atoms with E-state index in [1.807, 2.05) is 0 Å². The maximum absolute atomic E-state index is 11.7. The molecule has 0 unspecified atom stereocenters. The number of hydrogen-bond acceptors (Lipinski definition) is 3. The highest BCUT2D eigenvalue weighted by atomic mass is 35.5. The Morgan fingerprint density at radius 2 is 2.07 bits per heavy atom. The van der Waals surface area contributed by atoms with Crippen LogP contribution < -0.4 is 5.56 Å². The van der Waals surface area contributed by atoms with Gasteiger partial charge >= 0.3 is 0 Å². The highest BCUT2D eigenvalue weighted by Gasteiger charge is 2.19. The molecule has 1 aliphatic carbocycles. The number of hydrogen-bond donors (Lipinski definition) is 1. The predicted molar refractivity (Wildman–Crippen MR) is 57.3 cm³/mol. The van der Waals surface area contributed by atoms with Gasteiger partial charge in [0.25, 0.3) is 5.56 Å². The molecule has 0 aliphatic heterocycles. The summed E-state index contributed by atoms with van der Waals surface area (Å²) in [7, 11) is 0. The van der Waals surface area contributed by atoms with Crippen molar-refractivity contribution >= 4 is 11.6 Å². The summed E-state index contributed by atoms with van der Waals surface area (Å²) in [6.45, 7) is 0. The number of aromatic hydroxyl groups is 1. The van der Waals surface area contributed by atoms with Crippen LogP contribution in [0.1, 0.15) is 38.1 Å². The second kappa shape index (κ2) is 4.23. The van der Waals surface area contributed by atoms with Gasteiger partial charge in [-0.05, 0) is 12.8 Å². The van der Waals surface area contributed by atoms with Crippen molar-refractivity contribution in [1.82, 2.24) is 9.78 Å². The van der Waals surface area contributed by atoms with Crippen molar-refractivity contribution in [2.75, 3.05) is 0 Å². The van der Waals surface area contributed by atoms with E-state index < -0.39 is 0 Å². The molecule has 1 saturated carbocycles. The minimum absolute atomic E-state index is 0.129. The fourth-order valence-electron chi connectivity index (χ4n) is 2.02. The molecule has 0 aromatic carbocycles. The number of rotatable bonds is 1. The highest BCUT2D eigenvalue weighted by Crippen LogP contribution is 2.27. The molecule has 1 heterocycles. The van der Waals surface area contributed by atoms with E-state index in [9.17, 15) is 9.90 Å². The van der Waals surface area contributed by atoms with E-state index in [1.165, 1.54) is 17.3 Å². The zero-order chi connectivity index (χ0) is 10.8. The molecule has 5 heteroatoms. The van der Waals surface area contributed by atoms with Crippen LogP contribution in [0.4, 0.5) is 0 Å². The van der Waals surface area contributed by atoms with E-state index in [0.29, 0.717) is 0 Å². The largest absolute Gasteiger partial charge is 0.505 e. The molecule has 4 nitrogen and oxygen atoms in total. The molecule has 1 aromatic heterocycles. The van der Waals surface area contributed by atoms with Gasteiger partial charge in [-0.3, -0.25) is 4.79 Å². The molecule has 1 N–H and O–H groups in total. The van der Waals surface area contributed by atoms with Crippen LogP contribution >= 0.6 is 11.6 Å². The molecule has 82 valence electrons. The highest BCUT2D eigenvalue weighted by molar-refractivity contribution is 6.31. The van der Waals surface area contributed by atoms with E-state index in [0.717, 1.165) is 25.7 Å². The first-order chi connectivity index (χ1) is 7.20. The molecule has 2 rings (SSSR count). The Morgan fingerprint density at radius 1 is 1.40 bits per heavy atom. The van der Waals surface area contributed by atoms with E-state index >= 15 is 0 Å². The quantitative estimate of drug-likeness (QED) is 0.801. The Bertz CT molecular complexity index is 410. The van der Waals surface area contributed by atoms with Crippen molar-refractivity contribution in [3.8, 4) is 5.75 Å². The standard InChI is InChI=1S/C10H13ClN2O2/c11-9-8(14)6-12-13(10(9)15)7-4-2-1-3-5-7/h6-7,14H,1-5H2. The number of aromatic nitrogens is 2. The predicted octanol–water partition coefficient (Wildman–Crippen LogP) is 2.11. The third kappa shape index (κ3) is 2.00. The lowest BCUT2D eigenvalue weighted by Crippen LogP contribution is -2.28. The molecule has 0 amide bonds. The molecular formula is C10H13ClN2O2. The summed E-state index contributed by atoms with van der Waals surface area (Å²) >= 11 is 5.68. The summed E-state index contributed by atoms with van der Waals surface area (Å²) in [5, 5.41) is 13.0. The van der Waals surface area contributed by atoms with Crippen LogP contribution in [0.5, 0.6) is 5.75 Å². The fraction of sp³-hybridized carbons (Fsp3) is 0.600. The van der Waals surface area contributed by atoms with E-state index in [2.05, 4.69) is 5.10 Å². The lowest BCUT2D eigenvalue weighted by molar-refractivity contribution is 0.315. The lowest BCUT2D eigenvalue weighted by Gasteiger charge is -2.22. The Balaban J connectivity index is 2.35. The maximum Gasteiger partial charge on any atom is 0.289 e. The minimum atomic E-state index is -0.386. The second-order valence-corrected chi connectivity index (χ2v) is 4.26. The van der Waals surface area contributed by atoms with Gasteiger partial charge in [-0.25, -0.2) is 4.68 Å². The first kappa shape index (κ1) is 10.5. The molecule has 0 radical (unpaired) electrons. The Hall–Kier alpha value is -1.03. The summed E-state index contributed by atoms with van der Waals surface area (Å²) in [4.78, 5) is 11.7.